The lowest BCUT2D eigenvalue weighted by Crippen LogP contribution is -2.46. The fourth-order valence-corrected chi connectivity index (χ4v) is 4.93. The number of hydrogen-bond acceptors (Lipinski definition) is 5. The van der Waals surface area contributed by atoms with Crippen LogP contribution in [-0.4, -0.2) is 54.6 Å². The monoisotopic (exact) mass is 481 g/mol. The SMILES string of the molecule is COc1ccccc1N1CCN(Cc2c(C)[nH]c(-c3ccccc3)c2N(C=O)c2ccncc2)CC1. The predicted molar refractivity (Wildman–Crippen MR) is 144 cm³/mol. The van der Waals surface area contributed by atoms with Crippen molar-refractivity contribution >= 4 is 23.5 Å². The lowest BCUT2D eigenvalue weighted by Gasteiger charge is -2.37. The van der Waals surface area contributed by atoms with Crippen LogP contribution in [0.5, 0.6) is 5.75 Å². The summed E-state index contributed by atoms with van der Waals surface area (Å²) in [5.41, 5.74) is 7.00. The number of nitrogens with zero attached hydrogens (tertiary/aromatic N) is 4. The van der Waals surface area contributed by atoms with Gasteiger partial charge in [0.15, 0.2) is 0 Å². The summed E-state index contributed by atoms with van der Waals surface area (Å²) < 4.78 is 5.58. The molecule has 1 aliphatic rings. The van der Waals surface area contributed by atoms with Crippen molar-refractivity contribution in [2.45, 2.75) is 13.5 Å². The molecule has 0 atom stereocenters. The van der Waals surface area contributed by atoms with Crippen molar-refractivity contribution in [1.82, 2.24) is 14.9 Å². The number of H-pyrrole nitrogens is 1. The Bertz CT molecular complexity index is 1300. The Morgan fingerprint density at radius 1 is 0.972 bits per heavy atom. The number of piperazine rings is 1. The molecule has 36 heavy (non-hydrogen) atoms. The van der Waals surface area contributed by atoms with Crippen LogP contribution < -0.4 is 14.5 Å². The van der Waals surface area contributed by atoms with Crippen LogP contribution in [0.2, 0.25) is 0 Å². The molecule has 0 unspecified atom stereocenters. The smallest absolute Gasteiger partial charge is 0.218 e. The molecular formula is C29H31N5O2. The summed E-state index contributed by atoms with van der Waals surface area (Å²) in [4.78, 5) is 26.7. The number of amides is 1. The first-order chi connectivity index (χ1) is 17.7. The molecule has 7 heteroatoms. The van der Waals surface area contributed by atoms with Crippen LogP contribution >= 0.6 is 0 Å². The van der Waals surface area contributed by atoms with Crippen molar-refractivity contribution in [1.29, 1.82) is 0 Å². The molecule has 1 amide bonds. The molecule has 0 bridgehead atoms. The zero-order valence-electron chi connectivity index (χ0n) is 20.7. The molecule has 4 aromatic rings. The van der Waals surface area contributed by atoms with Gasteiger partial charge in [-0.15, -0.1) is 0 Å². The quantitative estimate of drug-likeness (QED) is 0.359. The van der Waals surface area contributed by atoms with E-state index in [9.17, 15) is 4.79 Å². The highest BCUT2D eigenvalue weighted by molar-refractivity contribution is 5.95. The number of para-hydroxylation sites is 2. The number of aromatic nitrogens is 2. The lowest BCUT2D eigenvalue weighted by atomic mass is 10.1. The molecular weight excluding hydrogens is 450 g/mol. The van der Waals surface area contributed by atoms with Crippen molar-refractivity contribution in [2.75, 3.05) is 43.1 Å². The van der Waals surface area contributed by atoms with Crippen molar-refractivity contribution in [3.63, 3.8) is 0 Å². The standard InChI is InChI=1S/C29H31N5O2/c1-22-25(20-32-16-18-33(19-17-32)26-10-6-7-11-27(26)36-2)29(28(31-22)23-8-4-3-5-9-23)34(21-35)24-12-14-30-15-13-24/h3-15,21,31H,16-20H2,1-2H3. The van der Waals surface area contributed by atoms with Crippen LogP contribution in [0.1, 0.15) is 11.3 Å². The largest absolute Gasteiger partial charge is 0.495 e. The molecule has 2 aromatic heterocycles. The van der Waals surface area contributed by atoms with Crippen molar-refractivity contribution in [3.05, 3.63) is 90.4 Å². The number of ether oxygens (including phenoxy) is 1. The van der Waals surface area contributed by atoms with E-state index in [-0.39, 0.29) is 0 Å². The molecule has 5 rings (SSSR count). The van der Waals surface area contributed by atoms with Gasteiger partial charge in [0.25, 0.3) is 0 Å². The second kappa shape index (κ2) is 10.7. The van der Waals surface area contributed by atoms with Gasteiger partial charge in [-0.1, -0.05) is 42.5 Å². The number of hydrogen-bond donors (Lipinski definition) is 1. The van der Waals surface area contributed by atoms with E-state index in [0.717, 1.165) is 84.5 Å². The Kier molecular flexibility index (Phi) is 7.00. The van der Waals surface area contributed by atoms with E-state index in [1.165, 1.54) is 0 Å². The van der Waals surface area contributed by atoms with Gasteiger partial charge in [-0.05, 0) is 31.2 Å². The second-order valence-corrected chi connectivity index (χ2v) is 8.93. The van der Waals surface area contributed by atoms with E-state index in [1.807, 2.05) is 42.5 Å². The van der Waals surface area contributed by atoms with E-state index >= 15 is 0 Å². The predicted octanol–water partition coefficient (Wildman–Crippen LogP) is 5.01. The number of carbonyl (C=O) groups is 1. The van der Waals surface area contributed by atoms with E-state index in [2.05, 4.69) is 51.0 Å². The molecule has 7 nitrogen and oxygen atoms in total. The summed E-state index contributed by atoms with van der Waals surface area (Å²) in [5, 5.41) is 0. The normalized spacial score (nSPS) is 14.0. The van der Waals surface area contributed by atoms with Gasteiger partial charge in [0.05, 0.1) is 29.9 Å². The molecule has 184 valence electrons. The minimum Gasteiger partial charge on any atom is -0.495 e. The molecule has 0 radical (unpaired) electrons. The molecule has 1 aliphatic heterocycles. The van der Waals surface area contributed by atoms with E-state index in [0.29, 0.717) is 0 Å². The number of rotatable bonds is 8. The van der Waals surface area contributed by atoms with Crippen LogP contribution in [-0.2, 0) is 11.3 Å². The Balaban J connectivity index is 1.45. The van der Waals surface area contributed by atoms with Gasteiger partial charge >= 0.3 is 0 Å². The minimum absolute atomic E-state index is 0.750. The Morgan fingerprint density at radius 2 is 1.67 bits per heavy atom. The number of aromatic amines is 1. The number of methoxy groups -OCH3 is 1. The molecule has 2 aromatic carbocycles. The summed E-state index contributed by atoms with van der Waals surface area (Å²) in [6.07, 6.45) is 4.32. The van der Waals surface area contributed by atoms with Gasteiger partial charge in [0.2, 0.25) is 6.41 Å². The lowest BCUT2D eigenvalue weighted by molar-refractivity contribution is -0.106. The minimum atomic E-state index is 0.750. The maximum atomic E-state index is 12.5. The molecule has 0 spiro atoms. The average molecular weight is 482 g/mol. The Hall–Kier alpha value is -4.10. The molecule has 3 heterocycles. The molecule has 0 aliphatic carbocycles. The summed E-state index contributed by atoms with van der Waals surface area (Å²) in [7, 11) is 1.72. The van der Waals surface area contributed by atoms with E-state index < -0.39 is 0 Å². The number of pyridine rings is 1. The molecule has 1 N–H and O–H groups in total. The van der Waals surface area contributed by atoms with Gasteiger partial charge in [-0.2, -0.15) is 0 Å². The molecule has 0 saturated carbocycles. The number of aryl methyl sites for hydroxylation is 1. The van der Waals surface area contributed by atoms with Gasteiger partial charge < -0.3 is 14.6 Å². The van der Waals surface area contributed by atoms with Crippen molar-refractivity contribution in [2.24, 2.45) is 0 Å². The van der Waals surface area contributed by atoms with Gasteiger partial charge in [0, 0.05) is 61.9 Å². The average Bonchev–Trinajstić information content (AvgIpc) is 3.26. The third-order valence-electron chi connectivity index (χ3n) is 6.82. The van der Waals surface area contributed by atoms with E-state index in [1.54, 1.807) is 24.4 Å². The Labute approximate surface area is 211 Å². The number of carbonyl (C=O) groups excluding carboxylic acids is 1. The van der Waals surface area contributed by atoms with E-state index in [4.69, 9.17) is 4.74 Å². The zero-order valence-corrected chi connectivity index (χ0v) is 20.7. The molecule has 1 fully saturated rings. The third-order valence-corrected chi connectivity index (χ3v) is 6.82. The molecule has 1 saturated heterocycles. The van der Waals surface area contributed by atoms with Gasteiger partial charge in [-0.3, -0.25) is 19.6 Å². The topological polar surface area (TPSA) is 64.7 Å². The first kappa shape index (κ1) is 23.6. The summed E-state index contributed by atoms with van der Waals surface area (Å²) in [6.45, 7) is 6.49. The zero-order chi connectivity index (χ0) is 24.9. The van der Waals surface area contributed by atoms with Crippen molar-refractivity contribution in [3.8, 4) is 17.0 Å². The Morgan fingerprint density at radius 3 is 2.36 bits per heavy atom. The first-order valence-corrected chi connectivity index (χ1v) is 12.2. The highest BCUT2D eigenvalue weighted by Crippen LogP contribution is 2.39. The summed E-state index contributed by atoms with van der Waals surface area (Å²) >= 11 is 0. The third kappa shape index (κ3) is 4.70. The highest BCUT2D eigenvalue weighted by atomic mass is 16.5. The maximum absolute atomic E-state index is 12.5. The van der Waals surface area contributed by atoms with Crippen molar-refractivity contribution < 1.29 is 9.53 Å². The highest BCUT2D eigenvalue weighted by Gasteiger charge is 2.26. The fourth-order valence-electron chi connectivity index (χ4n) is 4.93. The van der Waals surface area contributed by atoms with Gasteiger partial charge in [-0.25, -0.2) is 0 Å². The summed E-state index contributed by atoms with van der Waals surface area (Å²) in [6, 6.07) is 22.1. The maximum Gasteiger partial charge on any atom is 0.218 e. The van der Waals surface area contributed by atoms with Gasteiger partial charge in [0.1, 0.15) is 5.75 Å². The van der Waals surface area contributed by atoms with Crippen LogP contribution in [0.4, 0.5) is 17.1 Å². The van der Waals surface area contributed by atoms with Crippen LogP contribution in [0.3, 0.4) is 0 Å². The van der Waals surface area contributed by atoms with Crippen LogP contribution in [0, 0.1) is 6.92 Å². The summed E-state index contributed by atoms with van der Waals surface area (Å²) in [5.74, 6) is 0.904. The number of benzene rings is 2. The van der Waals surface area contributed by atoms with Crippen LogP contribution in [0.15, 0.2) is 79.1 Å². The fraction of sp³-hybridized carbons (Fsp3) is 0.241. The number of anilines is 3. The number of nitrogens with one attached hydrogen (secondary N) is 1. The first-order valence-electron chi connectivity index (χ1n) is 12.2. The second-order valence-electron chi connectivity index (χ2n) is 8.93. The van der Waals surface area contributed by atoms with Crippen LogP contribution in [0.25, 0.3) is 11.3 Å².